The van der Waals surface area contributed by atoms with Gasteiger partial charge in [-0.1, -0.05) is 0 Å². The van der Waals surface area contributed by atoms with Crippen LogP contribution in [0.15, 0.2) is 23.4 Å². The van der Waals surface area contributed by atoms with Gasteiger partial charge in [-0.05, 0) is 56.6 Å². The van der Waals surface area contributed by atoms with Crippen LogP contribution >= 0.6 is 23.1 Å². The van der Waals surface area contributed by atoms with E-state index in [1.54, 1.807) is 31.5 Å². The van der Waals surface area contributed by atoms with Gasteiger partial charge in [0.15, 0.2) is 6.61 Å². The Labute approximate surface area is 177 Å². The smallest absolute Gasteiger partial charge is 0.341 e. The number of nitrogens with zero attached hydrogens (tertiary/aromatic N) is 1. The number of fused-ring (bicyclic) bond motifs is 1. The van der Waals surface area contributed by atoms with Gasteiger partial charge in [-0.2, -0.15) is 0 Å². The Morgan fingerprint density at radius 1 is 1.21 bits per heavy atom. The first-order valence-corrected chi connectivity index (χ1v) is 11.4. The summed E-state index contributed by atoms with van der Waals surface area (Å²) in [6.07, 6.45) is 7.14. The maximum absolute atomic E-state index is 12.4. The Hall–Kier alpha value is -2.39. The van der Waals surface area contributed by atoms with Crippen LogP contribution in [-0.2, 0) is 27.1 Å². The number of thiophene rings is 1. The summed E-state index contributed by atoms with van der Waals surface area (Å²) in [7, 11) is 0. The summed E-state index contributed by atoms with van der Waals surface area (Å²) >= 11 is 2.72. The molecule has 0 aliphatic heterocycles. The van der Waals surface area contributed by atoms with E-state index in [1.165, 1.54) is 23.1 Å². The predicted molar refractivity (Wildman–Crippen MR) is 112 cm³/mol. The number of ether oxygens (including phenoxy) is 2. The number of nitrogens with one attached hydrogen (secondary N) is 1. The zero-order valence-corrected chi connectivity index (χ0v) is 17.9. The van der Waals surface area contributed by atoms with E-state index in [4.69, 9.17) is 9.47 Å². The minimum absolute atomic E-state index is 0.261. The third kappa shape index (κ3) is 4.97. The summed E-state index contributed by atoms with van der Waals surface area (Å²) in [6.45, 7) is 1.55. The fourth-order valence-electron chi connectivity index (χ4n) is 3.15. The predicted octanol–water partition coefficient (Wildman–Crippen LogP) is 3.72. The van der Waals surface area contributed by atoms with Gasteiger partial charge >= 0.3 is 11.9 Å². The first-order valence-electron chi connectivity index (χ1n) is 9.32. The number of anilines is 1. The summed E-state index contributed by atoms with van der Waals surface area (Å²) in [6, 6.07) is 3.24. The molecule has 9 heteroatoms. The first kappa shape index (κ1) is 21.3. The van der Waals surface area contributed by atoms with Crippen molar-refractivity contribution in [3.63, 3.8) is 0 Å². The summed E-state index contributed by atoms with van der Waals surface area (Å²) in [4.78, 5) is 42.3. The lowest BCUT2D eigenvalue weighted by Gasteiger charge is -2.12. The molecule has 1 amide bonds. The summed E-state index contributed by atoms with van der Waals surface area (Å²) in [5.74, 6) is -1.55. The fraction of sp³-hybridized carbons (Fsp3) is 0.400. The maximum Gasteiger partial charge on any atom is 0.341 e. The third-order valence-corrected chi connectivity index (χ3v) is 6.34. The fourth-order valence-corrected chi connectivity index (χ4v) is 4.98. The molecule has 0 saturated carbocycles. The van der Waals surface area contributed by atoms with Crippen LogP contribution in [0.5, 0.6) is 0 Å². The molecule has 0 bridgehead atoms. The Balaban J connectivity index is 1.70. The zero-order valence-electron chi connectivity index (χ0n) is 16.3. The second-order valence-corrected chi connectivity index (χ2v) is 8.22. The molecule has 2 heterocycles. The Morgan fingerprint density at radius 2 is 2.00 bits per heavy atom. The average molecular weight is 435 g/mol. The number of carbonyl (C=O) groups is 3. The standard InChI is InChI=1S/C20H22N2O5S2/c1-3-26-20(25)16-12-7-4-5-9-14(12)29-18(16)22-15(23)11-27-19(24)13-8-6-10-21-17(13)28-2/h6,8,10H,3-5,7,9,11H2,1-2H3,(H,22,23). The first-order chi connectivity index (χ1) is 14.0. The van der Waals surface area contributed by atoms with Crippen LogP contribution in [0.2, 0.25) is 0 Å². The number of amides is 1. The highest BCUT2D eigenvalue weighted by molar-refractivity contribution is 7.98. The number of pyridine rings is 1. The molecule has 2 aromatic heterocycles. The SMILES string of the molecule is CCOC(=O)c1c(NC(=O)COC(=O)c2cccnc2SC)sc2c1CCCC2. The lowest BCUT2D eigenvalue weighted by atomic mass is 9.95. The van der Waals surface area contributed by atoms with Crippen LogP contribution in [0.25, 0.3) is 0 Å². The molecule has 0 unspecified atom stereocenters. The van der Waals surface area contributed by atoms with Crippen molar-refractivity contribution >= 4 is 45.9 Å². The van der Waals surface area contributed by atoms with Gasteiger partial charge in [0.1, 0.15) is 10.0 Å². The van der Waals surface area contributed by atoms with Crippen LogP contribution in [0, 0.1) is 0 Å². The van der Waals surface area contributed by atoms with Gasteiger partial charge in [0.2, 0.25) is 0 Å². The molecule has 0 fully saturated rings. The summed E-state index contributed by atoms with van der Waals surface area (Å²) in [5.41, 5.74) is 1.71. The second-order valence-electron chi connectivity index (χ2n) is 6.32. The number of thioether (sulfide) groups is 1. The van der Waals surface area contributed by atoms with E-state index in [2.05, 4.69) is 10.3 Å². The number of carbonyl (C=O) groups excluding carboxylic acids is 3. The number of aromatic nitrogens is 1. The molecule has 3 rings (SSSR count). The number of hydrogen-bond donors (Lipinski definition) is 1. The van der Waals surface area contributed by atoms with E-state index in [0.29, 0.717) is 21.2 Å². The number of rotatable bonds is 7. The third-order valence-electron chi connectivity index (χ3n) is 4.42. The van der Waals surface area contributed by atoms with Crippen LogP contribution in [0.4, 0.5) is 5.00 Å². The molecule has 0 aromatic carbocycles. The Kier molecular flexibility index (Phi) is 7.27. The Morgan fingerprint density at radius 3 is 2.76 bits per heavy atom. The van der Waals surface area contributed by atoms with Crippen molar-refractivity contribution in [3.8, 4) is 0 Å². The van der Waals surface area contributed by atoms with Crippen molar-refractivity contribution in [1.29, 1.82) is 0 Å². The van der Waals surface area contributed by atoms with Gasteiger partial charge in [0.05, 0.1) is 17.7 Å². The highest BCUT2D eigenvalue weighted by Crippen LogP contribution is 2.38. The topological polar surface area (TPSA) is 94.6 Å². The van der Waals surface area contributed by atoms with Crippen LogP contribution in [0.3, 0.4) is 0 Å². The quantitative estimate of drug-likeness (QED) is 0.524. The van der Waals surface area contributed by atoms with Gasteiger partial charge in [-0.25, -0.2) is 14.6 Å². The monoisotopic (exact) mass is 434 g/mol. The van der Waals surface area contributed by atoms with Gasteiger partial charge in [-0.3, -0.25) is 4.79 Å². The largest absolute Gasteiger partial charge is 0.462 e. The molecular weight excluding hydrogens is 412 g/mol. The Bertz CT molecular complexity index is 926. The van der Waals surface area contributed by atoms with Crippen molar-refractivity contribution in [2.24, 2.45) is 0 Å². The molecule has 1 aliphatic carbocycles. The minimum Gasteiger partial charge on any atom is -0.462 e. The zero-order chi connectivity index (χ0) is 20.8. The van der Waals surface area contributed by atoms with Gasteiger partial charge < -0.3 is 14.8 Å². The van der Waals surface area contributed by atoms with Crippen molar-refractivity contribution < 1.29 is 23.9 Å². The molecule has 29 heavy (non-hydrogen) atoms. The van der Waals surface area contributed by atoms with E-state index in [1.807, 2.05) is 0 Å². The molecule has 0 saturated heterocycles. The van der Waals surface area contributed by atoms with E-state index < -0.39 is 24.5 Å². The summed E-state index contributed by atoms with van der Waals surface area (Å²) in [5, 5.41) is 3.72. The van der Waals surface area contributed by atoms with E-state index >= 15 is 0 Å². The van der Waals surface area contributed by atoms with Gasteiger partial charge in [-0.15, -0.1) is 23.1 Å². The molecule has 7 nitrogen and oxygen atoms in total. The second kappa shape index (κ2) is 9.89. The molecule has 0 spiro atoms. The van der Waals surface area contributed by atoms with Crippen LogP contribution in [-0.4, -0.2) is 42.3 Å². The van der Waals surface area contributed by atoms with Crippen molar-refractivity contribution in [1.82, 2.24) is 4.98 Å². The lowest BCUT2D eigenvalue weighted by Crippen LogP contribution is -2.22. The average Bonchev–Trinajstić information content (AvgIpc) is 3.09. The molecule has 1 aliphatic rings. The van der Waals surface area contributed by atoms with E-state index in [9.17, 15) is 14.4 Å². The molecular formula is C20H22N2O5S2. The van der Waals surface area contributed by atoms with E-state index in [-0.39, 0.29) is 6.61 Å². The summed E-state index contributed by atoms with van der Waals surface area (Å²) < 4.78 is 10.3. The highest BCUT2D eigenvalue weighted by atomic mass is 32.2. The minimum atomic E-state index is -0.617. The molecule has 154 valence electrons. The molecule has 1 N–H and O–H groups in total. The molecule has 0 atom stereocenters. The normalized spacial score (nSPS) is 12.8. The van der Waals surface area contributed by atoms with Crippen molar-refractivity contribution in [2.75, 3.05) is 24.8 Å². The number of aryl methyl sites for hydroxylation is 1. The van der Waals surface area contributed by atoms with Crippen molar-refractivity contribution in [3.05, 3.63) is 39.9 Å². The van der Waals surface area contributed by atoms with Gasteiger partial charge in [0.25, 0.3) is 5.91 Å². The molecule has 2 aromatic rings. The lowest BCUT2D eigenvalue weighted by molar-refractivity contribution is -0.119. The maximum atomic E-state index is 12.4. The number of hydrogen-bond acceptors (Lipinski definition) is 8. The molecule has 0 radical (unpaired) electrons. The van der Waals surface area contributed by atoms with E-state index in [0.717, 1.165) is 36.1 Å². The highest BCUT2D eigenvalue weighted by Gasteiger charge is 2.27. The van der Waals surface area contributed by atoms with Crippen molar-refractivity contribution in [2.45, 2.75) is 37.6 Å². The number of esters is 2. The van der Waals surface area contributed by atoms with Crippen LogP contribution < -0.4 is 5.32 Å². The van der Waals surface area contributed by atoms with Gasteiger partial charge in [0, 0.05) is 11.1 Å². The van der Waals surface area contributed by atoms with Crippen LogP contribution in [0.1, 0.15) is 50.9 Å².